The van der Waals surface area contributed by atoms with Gasteiger partial charge >= 0.3 is 0 Å². The topological polar surface area (TPSA) is 58.4 Å². The van der Waals surface area contributed by atoms with Crippen LogP contribution >= 0.6 is 11.6 Å². The van der Waals surface area contributed by atoms with Gasteiger partial charge in [-0.05, 0) is 43.0 Å². The minimum atomic E-state index is -0.0183. The molecule has 1 aromatic rings. The molecule has 116 valence electrons. The first-order valence-electron chi connectivity index (χ1n) is 7.53. The number of nitrogens with zero attached hydrogens (tertiary/aromatic N) is 1. The maximum Gasteiger partial charge on any atom is 0.225 e. The number of carbonyl (C=O) groups excluding carboxylic acids is 1. The molecule has 2 rings (SSSR count). The highest BCUT2D eigenvalue weighted by molar-refractivity contribution is 6.31. The van der Waals surface area contributed by atoms with Crippen molar-refractivity contribution >= 4 is 28.9 Å². The summed E-state index contributed by atoms with van der Waals surface area (Å²) in [6.45, 7) is 7.54. The first-order valence-corrected chi connectivity index (χ1v) is 7.90. The lowest BCUT2D eigenvalue weighted by Crippen LogP contribution is -2.39. The summed E-state index contributed by atoms with van der Waals surface area (Å²) in [5.74, 6) is 1.46. The van der Waals surface area contributed by atoms with Gasteiger partial charge in [0.2, 0.25) is 5.91 Å². The van der Waals surface area contributed by atoms with Crippen molar-refractivity contribution in [1.29, 1.82) is 0 Å². The molecule has 0 aromatic heterocycles. The molecular formula is C16H24ClN3O. The number of carbonyl (C=O) groups is 1. The molecule has 5 heteroatoms. The van der Waals surface area contributed by atoms with Crippen molar-refractivity contribution in [2.45, 2.75) is 26.7 Å². The summed E-state index contributed by atoms with van der Waals surface area (Å²) < 4.78 is 0. The number of likely N-dealkylation sites (tertiary alicyclic amines) is 1. The minimum absolute atomic E-state index is 0.0183. The van der Waals surface area contributed by atoms with Crippen LogP contribution in [0.15, 0.2) is 18.2 Å². The highest BCUT2D eigenvalue weighted by Gasteiger charge is 2.22. The normalized spacial score (nSPS) is 23.0. The number of halogens is 1. The number of hydrogen-bond donors (Lipinski definition) is 2. The third-order valence-electron chi connectivity index (χ3n) is 4.36. The van der Waals surface area contributed by atoms with E-state index >= 15 is 0 Å². The zero-order valence-corrected chi connectivity index (χ0v) is 13.5. The van der Waals surface area contributed by atoms with Crippen molar-refractivity contribution in [1.82, 2.24) is 4.90 Å². The van der Waals surface area contributed by atoms with Crippen LogP contribution in [0, 0.1) is 11.8 Å². The van der Waals surface area contributed by atoms with E-state index in [-0.39, 0.29) is 5.91 Å². The van der Waals surface area contributed by atoms with Crippen LogP contribution in [0.2, 0.25) is 5.02 Å². The number of benzene rings is 1. The molecule has 3 N–H and O–H groups in total. The monoisotopic (exact) mass is 309 g/mol. The lowest BCUT2D eigenvalue weighted by atomic mass is 9.89. The van der Waals surface area contributed by atoms with Gasteiger partial charge in [-0.1, -0.05) is 25.4 Å². The Hall–Kier alpha value is -1.26. The second-order valence-corrected chi connectivity index (χ2v) is 6.51. The number of piperidine rings is 1. The summed E-state index contributed by atoms with van der Waals surface area (Å²) in [5, 5.41) is 3.40. The summed E-state index contributed by atoms with van der Waals surface area (Å²) in [5.41, 5.74) is 6.95. The largest absolute Gasteiger partial charge is 0.397 e. The first kappa shape index (κ1) is 16.1. The van der Waals surface area contributed by atoms with Gasteiger partial charge < -0.3 is 16.0 Å². The molecule has 0 saturated carbocycles. The molecule has 0 spiro atoms. The SMILES string of the molecule is CC1CCN(CCC(=O)Nc2cc(Cl)ccc2N)CC1C. The molecule has 0 bridgehead atoms. The molecule has 0 aliphatic carbocycles. The summed E-state index contributed by atoms with van der Waals surface area (Å²) >= 11 is 5.91. The van der Waals surface area contributed by atoms with Crippen LogP contribution in [0.1, 0.15) is 26.7 Å². The maximum absolute atomic E-state index is 12.0. The number of rotatable bonds is 4. The Labute approximate surface area is 131 Å². The van der Waals surface area contributed by atoms with Gasteiger partial charge in [0.1, 0.15) is 0 Å². The predicted octanol–water partition coefficient (Wildman–Crippen LogP) is 3.23. The molecule has 1 saturated heterocycles. The lowest BCUT2D eigenvalue weighted by Gasteiger charge is -2.35. The Balaban J connectivity index is 1.81. The van der Waals surface area contributed by atoms with Crippen molar-refractivity contribution < 1.29 is 4.79 Å². The lowest BCUT2D eigenvalue weighted by molar-refractivity contribution is -0.116. The number of anilines is 2. The van der Waals surface area contributed by atoms with Crippen LogP contribution < -0.4 is 11.1 Å². The van der Waals surface area contributed by atoms with E-state index in [1.165, 1.54) is 6.42 Å². The van der Waals surface area contributed by atoms with Gasteiger partial charge in [0.05, 0.1) is 11.4 Å². The Bertz CT molecular complexity index is 506. The van der Waals surface area contributed by atoms with E-state index in [0.29, 0.717) is 28.7 Å². The summed E-state index contributed by atoms with van der Waals surface area (Å²) in [7, 11) is 0. The number of nitrogens with one attached hydrogen (secondary N) is 1. The zero-order chi connectivity index (χ0) is 15.4. The second kappa shape index (κ2) is 7.14. The van der Waals surface area contributed by atoms with E-state index < -0.39 is 0 Å². The van der Waals surface area contributed by atoms with Crippen molar-refractivity contribution in [2.24, 2.45) is 11.8 Å². The third-order valence-corrected chi connectivity index (χ3v) is 4.60. The van der Waals surface area contributed by atoms with E-state index in [4.69, 9.17) is 17.3 Å². The molecule has 1 aromatic carbocycles. The van der Waals surface area contributed by atoms with Gasteiger partial charge in [0.15, 0.2) is 0 Å². The molecular weight excluding hydrogens is 286 g/mol. The molecule has 2 unspecified atom stereocenters. The second-order valence-electron chi connectivity index (χ2n) is 6.07. The van der Waals surface area contributed by atoms with Crippen LogP contribution in [0.5, 0.6) is 0 Å². The predicted molar refractivity (Wildman–Crippen MR) is 88.5 cm³/mol. The summed E-state index contributed by atoms with van der Waals surface area (Å²) in [4.78, 5) is 14.4. The molecule has 21 heavy (non-hydrogen) atoms. The van der Waals surface area contributed by atoms with E-state index in [9.17, 15) is 4.79 Å². The van der Waals surface area contributed by atoms with Gasteiger partial charge in [-0.15, -0.1) is 0 Å². The average Bonchev–Trinajstić information content (AvgIpc) is 2.44. The molecule has 1 fully saturated rings. The third kappa shape index (κ3) is 4.61. The van der Waals surface area contributed by atoms with E-state index in [1.54, 1.807) is 18.2 Å². The standard InChI is InChI=1S/C16H24ClN3O/c1-11-5-7-20(10-12(11)2)8-6-16(21)19-15-9-13(17)3-4-14(15)18/h3-4,9,11-12H,5-8,10,18H2,1-2H3,(H,19,21). The van der Waals surface area contributed by atoms with Crippen molar-refractivity contribution in [3.05, 3.63) is 23.2 Å². The zero-order valence-electron chi connectivity index (χ0n) is 12.7. The fourth-order valence-electron chi connectivity index (χ4n) is 2.66. The average molecular weight is 310 g/mol. The molecule has 1 aliphatic rings. The van der Waals surface area contributed by atoms with Crippen LogP contribution in [0.4, 0.5) is 11.4 Å². The van der Waals surface area contributed by atoms with Crippen LogP contribution in [-0.4, -0.2) is 30.4 Å². The highest BCUT2D eigenvalue weighted by Crippen LogP contribution is 2.24. The van der Waals surface area contributed by atoms with E-state index in [0.717, 1.165) is 25.6 Å². The van der Waals surface area contributed by atoms with E-state index in [1.807, 2.05) is 0 Å². The number of nitrogens with two attached hydrogens (primary N) is 1. The van der Waals surface area contributed by atoms with Gasteiger partial charge in [-0.2, -0.15) is 0 Å². The van der Waals surface area contributed by atoms with Crippen molar-refractivity contribution in [3.63, 3.8) is 0 Å². The molecule has 2 atom stereocenters. The fourth-order valence-corrected chi connectivity index (χ4v) is 2.83. The molecule has 1 amide bonds. The number of amides is 1. The van der Waals surface area contributed by atoms with Gasteiger partial charge in [-0.3, -0.25) is 4.79 Å². The van der Waals surface area contributed by atoms with Gasteiger partial charge in [-0.25, -0.2) is 0 Å². The molecule has 0 radical (unpaired) electrons. The minimum Gasteiger partial charge on any atom is -0.397 e. The van der Waals surface area contributed by atoms with Gasteiger partial charge in [0, 0.05) is 24.5 Å². The van der Waals surface area contributed by atoms with E-state index in [2.05, 4.69) is 24.1 Å². The Morgan fingerprint density at radius 1 is 1.43 bits per heavy atom. The molecule has 1 aliphatic heterocycles. The van der Waals surface area contributed by atoms with Crippen LogP contribution in [0.25, 0.3) is 0 Å². The van der Waals surface area contributed by atoms with Crippen molar-refractivity contribution in [2.75, 3.05) is 30.7 Å². The van der Waals surface area contributed by atoms with Crippen LogP contribution in [0.3, 0.4) is 0 Å². The molecule has 4 nitrogen and oxygen atoms in total. The summed E-state index contributed by atoms with van der Waals surface area (Å²) in [6, 6.07) is 5.09. The Kier molecular flexibility index (Phi) is 5.48. The Morgan fingerprint density at radius 2 is 2.19 bits per heavy atom. The number of nitrogen functional groups attached to an aromatic ring is 1. The van der Waals surface area contributed by atoms with Gasteiger partial charge in [0.25, 0.3) is 0 Å². The molecule has 1 heterocycles. The first-order chi connectivity index (χ1) is 9.95. The number of hydrogen-bond acceptors (Lipinski definition) is 3. The highest BCUT2D eigenvalue weighted by atomic mass is 35.5. The quantitative estimate of drug-likeness (QED) is 0.840. The Morgan fingerprint density at radius 3 is 2.90 bits per heavy atom. The summed E-state index contributed by atoms with van der Waals surface area (Å²) in [6.07, 6.45) is 1.69. The van der Waals surface area contributed by atoms with Crippen molar-refractivity contribution in [3.8, 4) is 0 Å². The fraction of sp³-hybridized carbons (Fsp3) is 0.562. The smallest absolute Gasteiger partial charge is 0.225 e. The van der Waals surface area contributed by atoms with Crippen LogP contribution in [-0.2, 0) is 4.79 Å². The maximum atomic E-state index is 12.0.